The van der Waals surface area contributed by atoms with Crippen LogP contribution in [0, 0.1) is 11.6 Å². The van der Waals surface area contributed by atoms with Crippen LogP contribution in [0.25, 0.3) is 0 Å². The van der Waals surface area contributed by atoms with E-state index in [1.54, 1.807) is 0 Å². The molecule has 1 heterocycles. The van der Waals surface area contributed by atoms with Gasteiger partial charge < -0.3 is 10.6 Å². The van der Waals surface area contributed by atoms with E-state index >= 15 is 0 Å². The Kier molecular flexibility index (Phi) is 5.14. The highest BCUT2D eigenvalue weighted by molar-refractivity contribution is 6.39. The van der Waals surface area contributed by atoms with Crippen LogP contribution >= 0.6 is 23.2 Å². The quantitative estimate of drug-likeness (QED) is 0.838. The maximum absolute atomic E-state index is 13.7. The second kappa shape index (κ2) is 6.87. The summed E-state index contributed by atoms with van der Waals surface area (Å²) in [6.45, 7) is 2.64. The number of hydrogen-bond donors (Lipinski definition) is 2. The molecule has 0 atom stereocenters. The number of benzene rings is 1. The summed E-state index contributed by atoms with van der Waals surface area (Å²) in [5, 5.41) is 5.64. The zero-order valence-electron chi connectivity index (χ0n) is 11.1. The molecule has 2 aromatic rings. The average molecular weight is 333 g/mol. The van der Waals surface area contributed by atoms with Gasteiger partial charge in [0.2, 0.25) is 5.95 Å². The molecule has 2 N–H and O–H groups in total. The fourth-order valence-electron chi connectivity index (χ4n) is 1.56. The monoisotopic (exact) mass is 332 g/mol. The molecule has 0 unspecified atom stereocenters. The molecule has 21 heavy (non-hydrogen) atoms. The second-order valence-corrected chi connectivity index (χ2v) is 5.00. The Bertz CT molecular complexity index is 629. The molecule has 0 aliphatic heterocycles. The summed E-state index contributed by atoms with van der Waals surface area (Å²) in [7, 11) is 0. The van der Waals surface area contributed by atoms with Gasteiger partial charge in [0.1, 0.15) is 5.82 Å². The van der Waals surface area contributed by atoms with E-state index in [0.717, 1.165) is 24.8 Å². The van der Waals surface area contributed by atoms with E-state index in [-0.39, 0.29) is 27.5 Å². The van der Waals surface area contributed by atoms with E-state index in [4.69, 9.17) is 23.2 Å². The van der Waals surface area contributed by atoms with Gasteiger partial charge in [0.05, 0.1) is 21.9 Å². The number of nitrogens with zero attached hydrogens (tertiary/aromatic N) is 2. The van der Waals surface area contributed by atoms with Gasteiger partial charge in [-0.1, -0.05) is 30.1 Å². The van der Waals surface area contributed by atoms with E-state index in [2.05, 4.69) is 20.6 Å². The van der Waals surface area contributed by atoms with Crippen molar-refractivity contribution in [2.75, 3.05) is 17.2 Å². The standard InChI is InChI=1S/C13H12Cl2F2N4/c1-2-3-18-13-19-6-10(17)12(21-13)20-11-8(14)4-7(16)5-9(11)15/h4-6H,2-3H2,1H3,(H2,18,19,20,21). The zero-order chi connectivity index (χ0) is 15.4. The Hall–Kier alpha value is -1.66. The van der Waals surface area contributed by atoms with E-state index in [1.807, 2.05) is 6.92 Å². The molecule has 2 rings (SSSR count). The minimum Gasteiger partial charge on any atom is -0.354 e. The van der Waals surface area contributed by atoms with E-state index < -0.39 is 11.6 Å². The zero-order valence-corrected chi connectivity index (χ0v) is 12.6. The van der Waals surface area contributed by atoms with E-state index in [1.165, 1.54) is 0 Å². The molecule has 112 valence electrons. The number of rotatable bonds is 5. The molecule has 0 saturated carbocycles. The molecule has 0 spiro atoms. The van der Waals surface area contributed by atoms with Gasteiger partial charge in [-0.2, -0.15) is 4.98 Å². The Balaban J connectivity index is 2.31. The van der Waals surface area contributed by atoms with Gasteiger partial charge in [0.25, 0.3) is 0 Å². The predicted octanol–water partition coefficient (Wildman–Crippen LogP) is 4.63. The molecule has 4 nitrogen and oxygen atoms in total. The van der Waals surface area contributed by atoms with Crippen molar-refractivity contribution >= 4 is 40.7 Å². The van der Waals surface area contributed by atoms with E-state index in [0.29, 0.717) is 6.54 Å². The topological polar surface area (TPSA) is 49.8 Å². The summed E-state index contributed by atoms with van der Waals surface area (Å²) < 4.78 is 26.9. The molecule has 0 radical (unpaired) electrons. The number of aromatic nitrogens is 2. The summed E-state index contributed by atoms with van der Waals surface area (Å²) in [5.74, 6) is -1.08. The highest BCUT2D eigenvalue weighted by Crippen LogP contribution is 2.33. The lowest BCUT2D eigenvalue weighted by atomic mass is 10.3. The Morgan fingerprint density at radius 3 is 2.48 bits per heavy atom. The molecule has 0 amide bonds. The van der Waals surface area contributed by atoms with Gasteiger partial charge in [0.15, 0.2) is 11.6 Å². The van der Waals surface area contributed by atoms with Crippen molar-refractivity contribution in [1.29, 1.82) is 0 Å². The molecule has 8 heteroatoms. The molecule has 1 aromatic heterocycles. The first-order valence-electron chi connectivity index (χ1n) is 6.19. The van der Waals surface area contributed by atoms with Crippen molar-refractivity contribution in [3.63, 3.8) is 0 Å². The molecule has 0 bridgehead atoms. The number of halogens is 4. The third-order valence-corrected chi connectivity index (χ3v) is 3.12. The van der Waals surface area contributed by atoms with Gasteiger partial charge in [-0.3, -0.25) is 0 Å². The van der Waals surface area contributed by atoms with Crippen LogP contribution in [0.15, 0.2) is 18.3 Å². The van der Waals surface area contributed by atoms with Crippen LogP contribution in [0.1, 0.15) is 13.3 Å². The van der Waals surface area contributed by atoms with Crippen LogP contribution in [0.2, 0.25) is 10.0 Å². The maximum atomic E-state index is 13.7. The first-order chi connectivity index (χ1) is 10.0. The minimum atomic E-state index is -0.673. The minimum absolute atomic E-state index is 0.0288. The van der Waals surface area contributed by atoms with Crippen molar-refractivity contribution < 1.29 is 8.78 Å². The van der Waals surface area contributed by atoms with Crippen molar-refractivity contribution in [1.82, 2.24) is 9.97 Å². The fraction of sp³-hybridized carbons (Fsp3) is 0.231. The van der Waals surface area contributed by atoms with Crippen LogP contribution < -0.4 is 10.6 Å². The van der Waals surface area contributed by atoms with Gasteiger partial charge in [-0.05, 0) is 18.6 Å². The van der Waals surface area contributed by atoms with Crippen molar-refractivity contribution in [3.8, 4) is 0 Å². The Labute approximate surface area is 130 Å². The number of nitrogens with one attached hydrogen (secondary N) is 2. The first-order valence-corrected chi connectivity index (χ1v) is 6.94. The maximum Gasteiger partial charge on any atom is 0.224 e. The average Bonchev–Trinajstić information content (AvgIpc) is 2.43. The molecular weight excluding hydrogens is 321 g/mol. The first kappa shape index (κ1) is 15.7. The molecular formula is C13H12Cl2F2N4. The van der Waals surface area contributed by atoms with Crippen molar-refractivity contribution in [2.24, 2.45) is 0 Å². The second-order valence-electron chi connectivity index (χ2n) is 4.19. The fourth-order valence-corrected chi connectivity index (χ4v) is 2.11. The number of anilines is 3. The Morgan fingerprint density at radius 1 is 1.19 bits per heavy atom. The third-order valence-electron chi connectivity index (χ3n) is 2.53. The van der Waals surface area contributed by atoms with Crippen LogP contribution in [0.3, 0.4) is 0 Å². The summed E-state index contributed by atoms with van der Waals surface area (Å²) >= 11 is 11.8. The molecule has 0 saturated heterocycles. The lowest BCUT2D eigenvalue weighted by Gasteiger charge is -2.11. The SMILES string of the molecule is CCCNc1ncc(F)c(Nc2c(Cl)cc(F)cc2Cl)n1. The molecule has 1 aromatic carbocycles. The van der Waals surface area contributed by atoms with E-state index in [9.17, 15) is 8.78 Å². The largest absolute Gasteiger partial charge is 0.354 e. The van der Waals surface area contributed by atoms with Gasteiger partial charge >= 0.3 is 0 Å². The lowest BCUT2D eigenvalue weighted by Crippen LogP contribution is -2.07. The van der Waals surface area contributed by atoms with Crippen LogP contribution in [0.4, 0.5) is 26.2 Å². The summed E-state index contributed by atoms with van der Waals surface area (Å²) in [6.07, 6.45) is 1.90. The van der Waals surface area contributed by atoms with Crippen LogP contribution in [0.5, 0.6) is 0 Å². The normalized spacial score (nSPS) is 10.5. The highest BCUT2D eigenvalue weighted by Gasteiger charge is 2.13. The molecule has 0 aliphatic carbocycles. The van der Waals surface area contributed by atoms with Gasteiger partial charge in [0, 0.05) is 6.54 Å². The molecule has 0 aliphatic rings. The van der Waals surface area contributed by atoms with Crippen LogP contribution in [-0.2, 0) is 0 Å². The summed E-state index contributed by atoms with van der Waals surface area (Å²) in [4.78, 5) is 7.80. The summed E-state index contributed by atoms with van der Waals surface area (Å²) in [6, 6.07) is 2.15. The van der Waals surface area contributed by atoms with Crippen molar-refractivity contribution in [2.45, 2.75) is 13.3 Å². The van der Waals surface area contributed by atoms with Gasteiger partial charge in [-0.15, -0.1) is 0 Å². The third kappa shape index (κ3) is 3.92. The van der Waals surface area contributed by atoms with Gasteiger partial charge in [-0.25, -0.2) is 13.8 Å². The highest BCUT2D eigenvalue weighted by atomic mass is 35.5. The summed E-state index contributed by atoms with van der Waals surface area (Å²) in [5.41, 5.74) is 0.179. The van der Waals surface area contributed by atoms with Crippen LogP contribution in [-0.4, -0.2) is 16.5 Å². The lowest BCUT2D eigenvalue weighted by molar-refractivity contribution is 0.619. The Morgan fingerprint density at radius 2 is 1.86 bits per heavy atom. The smallest absolute Gasteiger partial charge is 0.224 e. The molecule has 0 fully saturated rings. The predicted molar refractivity (Wildman–Crippen MR) is 80.5 cm³/mol. The number of hydrogen-bond acceptors (Lipinski definition) is 4. The van der Waals surface area contributed by atoms with Crippen molar-refractivity contribution in [3.05, 3.63) is 40.0 Å².